The lowest BCUT2D eigenvalue weighted by Crippen LogP contribution is -2.44. The number of carboxylic acids is 1. The third-order valence-electron chi connectivity index (χ3n) is 1.91. The molecule has 0 aromatic rings. The first-order valence-electron chi connectivity index (χ1n) is 4.96. The fourth-order valence-corrected chi connectivity index (χ4v) is 0.952. The van der Waals surface area contributed by atoms with Crippen molar-refractivity contribution in [2.24, 2.45) is 0 Å². The third-order valence-corrected chi connectivity index (χ3v) is 1.91. The van der Waals surface area contributed by atoms with Crippen molar-refractivity contribution in [3.63, 3.8) is 0 Å². The zero-order valence-corrected chi connectivity index (χ0v) is 9.78. The number of urea groups is 1. The Kier molecular flexibility index (Phi) is 7.44. The molecule has 0 bridgehead atoms. The van der Waals surface area contributed by atoms with Crippen molar-refractivity contribution in [1.82, 2.24) is 16.0 Å². The maximum atomic E-state index is 11.2. The molecule has 1 atom stereocenters. The number of carbonyl (C=O) groups is 3. The van der Waals surface area contributed by atoms with Crippen LogP contribution in [-0.2, 0) is 14.3 Å². The zero-order chi connectivity index (χ0) is 13.3. The van der Waals surface area contributed by atoms with Crippen molar-refractivity contribution in [3.8, 4) is 0 Å². The number of carbonyl (C=O) groups excluding carboxylic acids is 2. The molecule has 0 aromatic carbocycles. The van der Waals surface area contributed by atoms with Crippen molar-refractivity contribution < 1.29 is 24.2 Å². The maximum absolute atomic E-state index is 11.2. The second kappa shape index (κ2) is 8.34. The molecule has 1 unspecified atom stereocenters. The van der Waals surface area contributed by atoms with Gasteiger partial charge in [0.05, 0.1) is 19.1 Å². The predicted octanol–water partition coefficient (Wildman–Crippen LogP) is -1.48. The van der Waals surface area contributed by atoms with Crippen molar-refractivity contribution in [1.29, 1.82) is 0 Å². The van der Waals surface area contributed by atoms with Gasteiger partial charge in [-0.25, -0.2) is 4.79 Å². The van der Waals surface area contributed by atoms with Crippen LogP contribution in [-0.4, -0.2) is 56.4 Å². The van der Waals surface area contributed by atoms with E-state index in [2.05, 4.69) is 16.0 Å². The maximum Gasteiger partial charge on any atom is 0.315 e. The Balaban J connectivity index is 3.80. The topological polar surface area (TPSA) is 117 Å². The van der Waals surface area contributed by atoms with Gasteiger partial charge in [-0.2, -0.15) is 0 Å². The lowest BCUT2D eigenvalue weighted by Gasteiger charge is -2.14. The van der Waals surface area contributed by atoms with E-state index in [1.54, 1.807) is 0 Å². The van der Waals surface area contributed by atoms with Crippen molar-refractivity contribution in [2.45, 2.75) is 12.5 Å². The average Bonchev–Trinajstić information content (AvgIpc) is 2.30. The predicted molar refractivity (Wildman–Crippen MR) is 58.5 cm³/mol. The Labute approximate surface area is 98.7 Å². The molecule has 0 rings (SSSR count). The first kappa shape index (κ1) is 15.2. The minimum absolute atomic E-state index is 0.0579. The van der Waals surface area contributed by atoms with E-state index < -0.39 is 18.1 Å². The Morgan fingerprint density at radius 3 is 2.41 bits per heavy atom. The summed E-state index contributed by atoms with van der Waals surface area (Å²) in [5, 5.41) is 15.6. The van der Waals surface area contributed by atoms with Crippen LogP contribution in [0.15, 0.2) is 0 Å². The quantitative estimate of drug-likeness (QED) is 0.438. The summed E-state index contributed by atoms with van der Waals surface area (Å²) in [4.78, 5) is 32.4. The molecule has 98 valence electrons. The fraction of sp³-hybridized carbons (Fsp3) is 0.667. The van der Waals surface area contributed by atoms with Crippen molar-refractivity contribution >= 4 is 17.9 Å². The number of amides is 3. The Morgan fingerprint density at radius 2 is 1.94 bits per heavy atom. The van der Waals surface area contributed by atoms with Crippen LogP contribution in [0.2, 0.25) is 0 Å². The van der Waals surface area contributed by atoms with Crippen molar-refractivity contribution in [2.75, 3.05) is 27.2 Å². The highest BCUT2D eigenvalue weighted by atomic mass is 16.5. The van der Waals surface area contributed by atoms with Gasteiger partial charge in [0.15, 0.2) is 0 Å². The largest absolute Gasteiger partial charge is 0.481 e. The normalized spacial score (nSPS) is 11.4. The van der Waals surface area contributed by atoms with E-state index in [0.29, 0.717) is 0 Å². The van der Waals surface area contributed by atoms with Crippen LogP contribution in [0.3, 0.4) is 0 Å². The van der Waals surface area contributed by atoms with Crippen LogP contribution < -0.4 is 16.0 Å². The number of ether oxygens (including phenoxy) is 1. The molecule has 4 N–H and O–H groups in total. The average molecular weight is 247 g/mol. The minimum Gasteiger partial charge on any atom is -0.481 e. The number of nitrogens with one attached hydrogen (secondary N) is 3. The molecule has 0 heterocycles. The lowest BCUT2D eigenvalue weighted by molar-refractivity contribution is -0.139. The van der Waals surface area contributed by atoms with Crippen LogP contribution in [0.5, 0.6) is 0 Å². The molecule has 0 fully saturated rings. The molecule has 0 aliphatic carbocycles. The highest BCUT2D eigenvalue weighted by Gasteiger charge is 2.13. The Bertz CT molecular complexity index is 282. The van der Waals surface area contributed by atoms with E-state index in [1.807, 2.05) is 0 Å². The van der Waals surface area contributed by atoms with Gasteiger partial charge in [-0.15, -0.1) is 0 Å². The van der Waals surface area contributed by atoms with Crippen LogP contribution in [0.1, 0.15) is 6.42 Å². The zero-order valence-electron chi connectivity index (χ0n) is 9.78. The molecule has 8 nitrogen and oxygen atoms in total. The molecule has 0 aromatic heterocycles. The molecular formula is C9H17N3O5. The minimum atomic E-state index is -1.01. The van der Waals surface area contributed by atoms with Gasteiger partial charge in [-0.1, -0.05) is 0 Å². The number of hydrogen-bond donors (Lipinski definition) is 4. The number of aliphatic carboxylic acids is 1. The van der Waals surface area contributed by atoms with E-state index >= 15 is 0 Å². The summed E-state index contributed by atoms with van der Waals surface area (Å²) in [5.41, 5.74) is 0. The summed E-state index contributed by atoms with van der Waals surface area (Å²) < 4.78 is 4.86. The van der Waals surface area contributed by atoms with Gasteiger partial charge in [0.25, 0.3) is 0 Å². The van der Waals surface area contributed by atoms with Gasteiger partial charge < -0.3 is 25.8 Å². The molecular weight excluding hydrogens is 230 g/mol. The summed E-state index contributed by atoms with van der Waals surface area (Å²) in [6, 6.07) is -0.555. The molecule has 8 heteroatoms. The van der Waals surface area contributed by atoms with E-state index in [-0.39, 0.29) is 25.4 Å². The molecule has 0 radical (unpaired) electrons. The number of rotatable bonds is 7. The highest BCUT2D eigenvalue weighted by molar-refractivity contribution is 5.83. The number of methoxy groups -OCH3 is 1. The standard InChI is InChI=1S/C9H17N3O5/c1-10-7(13)5-12-9(16)11-4-6(17-2)3-8(14)15/h6H,3-5H2,1-2H3,(H,10,13)(H,14,15)(H2,11,12,16). The first-order valence-corrected chi connectivity index (χ1v) is 4.96. The van der Waals surface area contributed by atoms with Crippen molar-refractivity contribution in [3.05, 3.63) is 0 Å². The van der Waals surface area contributed by atoms with Gasteiger partial charge in [0, 0.05) is 20.7 Å². The second-order valence-corrected chi connectivity index (χ2v) is 3.19. The number of hydrogen-bond acceptors (Lipinski definition) is 4. The van der Waals surface area contributed by atoms with E-state index in [9.17, 15) is 14.4 Å². The Morgan fingerprint density at radius 1 is 1.29 bits per heavy atom. The van der Waals surface area contributed by atoms with Gasteiger partial charge >= 0.3 is 12.0 Å². The SMILES string of the molecule is CNC(=O)CNC(=O)NCC(CC(=O)O)OC. The lowest BCUT2D eigenvalue weighted by atomic mass is 10.2. The number of likely N-dealkylation sites (N-methyl/N-ethyl adjacent to an activating group) is 1. The second-order valence-electron chi connectivity index (χ2n) is 3.19. The molecule has 17 heavy (non-hydrogen) atoms. The molecule has 0 saturated carbocycles. The molecule has 3 amide bonds. The highest BCUT2D eigenvalue weighted by Crippen LogP contribution is 1.94. The summed E-state index contributed by atoms with van der Waals surface area (Å²) in [6.45, 7) is -0.0821. The van der Waals surface area contributed by atoms with E-state index in [0.717, 1.165) is 0 Å². The van der Waals surface area contributed by atoms with Crippen LogP contribution in [0, 0.1) is 0 Å². The van der Waals surface area contributed by atoms with E-state index in [1.165, 1.54) is 14.2 Å². The molecule has 0 spiro atoms. The van der Waals surface area contributed by atoms with Gasteiger partial charge in [0.2, 0.25) is 5.91 Å². The van der Waals surface area contributed by atoms with Crippen LogP contribution in [0.25, 0.3) is 0 Å². The third kappa shape index (κ3) is 8.03. The van der Waals surface area contributed by atoms with Crippen LogP contribution in [0.4, 0.5) is 4.79 Å². The van der Waals surface area contributed by atoms with Crippen LogP contribution >= 0.6 is 0 Å². The summed E-state index contributed by atoms with van der Waals surface area (Å²) in [6.07, 6.45) is -0.801. The Hall–Kier alpha value is -1.83. The molecule has 0 aliphatic heterocycles. The smallest absolute Gasteiger partial charge is 0.315 e. The molecule has 0 saturated heterocycles. The molecule has 0 aliphatic rings. The summed E-state index contributed by atoms with van der Waals surface area (Å²) >= 11 is 0. The first-order chi connectivity index (χ1) is 7.99. The summed E-state index contributed by atoms with van der Waals surface area (Å²) in [5.74, 6) is -1.33. The fourth-order valence-electron chi connectivity index (χ4n) is 0.952. The van der Waals surface area contributed by atoms with E-state index in [4.69, 9.17) is 9.84 Å². The van der Waals surface area contributed by atoms with Gasteiger partial charge in [0.1, 0.15) is 0 Å². The number of carboxylic acid groups (broad SMARTS) is 1. The monoisotopic (exact) mass is 247 g/mol. The summed E-state index contributed by atoms with van der Waals surface area (Å²) in [7, 11) is 2.81. The van der Waals surface area contributed by atoms with Gasteiger partial charge in [-0.3, -0.25) is 9.59 Å². The van der Waals surface area contributed by atoms with Gasteiger partial charge in [-0.05, 0) is 0 Å².